The van der Waals surface area contributed by atoms with Crippen molar-refractivity contribution in [3.05, 3.63) is 41.9 Å². The number of hydrogen-bond acceptors (Lipinski definition) is 4. The second-order valence-corrected chi connectivity index (χ2v) is 5.67. The van der Waals surface area contributed by atoms with Gasteiger partial charge in [-0.2, -0.15) is 8.78 Å². The summed E-state index contributed by atoms with van der Waals surface area (Å²) >= 11 is 0. The third-order valence-corrected chi connectivity index (χ3v) is 3.70. The van der Waals surface area contributed by atoms with E-state index in [1.165, 1.54) is 0 Å². The summed E-state index contributed by atoms with van der Waals surface area (Å²) in [6.45, 7) is 0.851. The smallest absolute Gasteiger partial charge is 0.320 e. The van der Waals surface area contributed by atoms with Crippen LogP contribution in [-0.2, 0) is 0 Å². The maximum absolute atomic E-state index is 13.4. The Balaban J connectivity index is 1.70. The highest BCUT2D eigenvalue weighted by atomic mass is 19.3. The normalized spacial score (nSPS) is 12.5. The largest absolute Gasteiger partial charge is 0.360 e. The number of halogens is 2. The number of hydrogen-bond donors (Lipinski definition) is 2. The molecule has 2 amide bonds. The van der Waals surface area contributed by atoms with Gasteiger partial charge in [-0.25, -0.2) is 9.78 Å². The average Bonchev–Trinajstić information content (AvgIpc) is 3.15. The third kappa shape index (κ3) is 3.59. The van der Waals surface area contributed by atoms with Crippen LogP contribution in [0.25, 0.3) is 11.0 Å². The monoisotopic (exact) mass is 349 g/mol. The Morgan fingerprint density at radius 3 is 2.80 bits per heavy atom. The predicted octanol–water partition coefficient (Wildman–Crippen LogP) is 3.65. The first-order valence-corrected chi connectivity index (χ1v) is 7.69. The van der Waals surface area contributed by atoms with Gasteiger partial charge in [0.2, 0.25) is 0 Å². The molecule has 2 aromatic heterocycles. The van der Waals surface area contributed by atoms with E-state index in [0.717, 1.165) is 4.57 Å². The molecular weight excluding hydrogens is 332 g/mol. The van der Waals surface area contributed by atoms with Gasteiger partial charge < -0.3 is 9.84 Å². The van der Waals surface area contributed by atoms with E-state index in [0.29, 0.717) is 16.8 Å². The molecule has 1 unspecified atom stereocenters. The predicted molar refractivity (Wildman–Crippen MR) is 87.7 cm³/mol. The minimum Gasteiger partial charge on any atom is -0.360 e. The van der Waals surface area contributed by atoms with Gasteiger partial charge in [0.25, 0.3) is 0 Å². The number of urea groups is 1. The Morgan fingerprint density at radius 1 is 1.36 bits per heavy atom. The van der Waals surface area contributed by atoms with Gasteiger partial charge in [0.05, 0.1) is 11.0 Å². The van der Waals surface area contributed by atoms with Crippen molar-refractivity contribution in [1.29, 1.82) is 0 Å². The lowest BCUT2D eigenvalue weighted by atomic mass is 10.1. The number of fused-ring (bicyclic) bond motifs is 1. The molecule has 25 heavy (non-hydrogen) atoms. The molecular formula is C16H17F2N5O2. The summed E-state index contributed by atoms with van der Waals surface area (Å²) in [5, 5.41) is 8.77. The van der Waals surface area contributed by atoms with E-state index in [2.05, 4.69) is 20.8 Å². The molecule has 0 spiro atoms. The molecule has 0 aliphatic carbocycles. The lowest BCUT2D eigenvalue weighted by Crippen LogP contribution is -2.32. The molecule has 1 aromatic carbocycles. The Morgan fingerprint density at radius 2 is 2.12 bits per heavy atom. The van der Waals surface area contributed by atoms with Crippen molar-refractivity contribution < 1.29 is 18.1 Å². The fourth-order valence-corrected chi connectivity index (χ4v) is 2.54. The minimum atomic E-state index is -2.71. The standard InChI is InChI=1S/C16H17F2N5O2/c1-9(8-19-16(24)21-13-7-10(2)25-22-13)14-20-11-5-3-4-6-12(11)23(14)15(17)18/h3-7,9,15H,8H2,1-2H3,(H2,19,21,22,24). The molecule has 0 saturated carbocycles. The summed E-state index contributed by atoms with van der Waals surface area (Å²) in [7, 11) is 0. The van der Waals surface area contributed by atoms with Crippen molar-refractivity contribution in [1.82, 2.24) is 20.0 Å². The van der Waals surface area contributed by atoms with Crippen LogP contribution in [0.2, 0.25) is 0 Å². The fraction of sp³-hybridized carbons (Fsp3) is 0.312. The minimum absolute atomic E-state index is 0.138. The SMILES string of the molecule is Cc1cc(NC(=O)NCC(C)c2nc3ccccc3n2C(F)F)no1. The zero-order chi connectivity index (χ0) is 18.0. The highest BCUT2D eigenvalue weighted by Gasteiger charge is 2.22. The number of nitrogens with zero attached hydrogens (tertiary/aromatic N) is 3. The van der Waals surface area contributed by atoms with Gasteiger partial charge in [0, 0.05) is 18.5 Å². The highest BCUT2D eigenvalue weighted by molar-refractivity contribution is 5.88. The first kappa shape index (κ1) is 16.9. The summed E-state index contributed by atoms with van der Waals surface area (Å²) in [6.07, 6.45) is 0. The fourth-order valence-electron chi connectivity index (χ4n) is 2.54. The van der Waals surface area contributed by atoms with E-state index in [1.807, 2.05) is 0 Å². The first-order valence-electron chi connectivity index (χ1n) is 7.69. The van der Waals surface area contributed by atoms with Crippen molar-refractivity contribution in [2.24, 2.45) is 0 Å². The van der Waals surface area contributed by atoms with E-state index in [-0.39, 0.29) is 18.2 Å². The van der Waals surface area contributed by atoms with Gasteiger partial charge in [0.15, 0.2) is 5.82 Å². The molecule has 0 bridgehead atoms. The van der Waals surface area contributed by atoms with Crippen LogP contribution in [0, 0.1) is 6.92 Å². The summed E-state index contributed by atoms with van der Waals surface area (Å²) in [4.78, 5) is 16.2. The van der Waals surface area contributed by atoms with E-state index < -0.39 is 18.5 Å². The van der Waals surface area contributed by atoms with Crippen LogP contribution in [-0.4, -0.2) is 27.3 Å². The maximum Gasteiger partial charge on any atom is 0.320 e. The summed E-state index contributed by atoms with van der Waals surface area (Å²) in [5.74, 6) is 0.650. The lowest BCUT2D eigenvalue weighted by molar-refractivity contribution is 0.0705. The summed E-state index contributed by atoms with van der Waals surface area (Å²) in [6, 6.07) is 7.77. The second-order valence-electron chi connectivity index (χ2n) is 5.67. The number of amides is 2. The molecule has 9 heteroatoms. The van der Waals surface area contributed by atoms with Crippen molar-refractivity contribution in [3.63, 3.8) is 0 Å². The van der Waals surface area contributed by atoms with Crippen molar-refractivity contribution >= 4 is 22.9 Å². The number of anilines is 1. The Bertz CT molecular complexity index is 890. The zero-order valence-electron chi connectivity index (χ0n) is 13.7. The molecule has 3 rings (SSSR count). The van der Waals surface area contributed by atoms with Crippen LogP contribution in [0.4, 0.5) is 19.4 Å². The zero-order valence-corrected chi connectivity index (χ0v) is 13.7. The van der Waals surface area contributed by atoms with Crippen molar-refractivity contribution in [2.75, 3.05) is 11.9 Å². The van der Waals surface area contributed by atoms with Gasteiger partial charge in [0.1, 0.15) is 11.6 Å². The molecule has 2 heterocycles. The van der Waals surface area contributed by atoms with Crippen molar-refractivity contribution in [2.45, 2.75) is 26.3 Å². The van der Waals surface area contributed by atoms with Gasteiger partial charge in [-0.3, -0.25) is 9.88 Å². The van der Waals surface area contributed by atoms with Crippen LogP contribution in [0.3, 0.4) is 0 Å². The first-order chi connectivity index (χ1) is 12.0. The molecule has 0 aliphatic heterocycles. The lowest BCUT2D eigenvalue weighted by Gasteiger charge is -2.14. The van der Waals surface area contributed by atoms with Gasteiger partial charge in [-0.15, -0.1) is 0 Å². The van der Waals surface area contributed by atoms with E-state index in [9.17, 15) is 13.6 Å². The summed E-state index contributed by atoms with van der Waals surface area (Å²) < 4.78 is 32.6. The number of benzene rings is 1. The molecule has 0 fully saturated rings. The Hall–Kier alpha value is -2.97. The molecule has 0 aliphatic rings. The summed E-state index contributed by atoms with van der Waals surface area (Å²) in [5.41, 5.74) is 0.856. The number of aryl methyl sites for hydroxylation is 1. The maximum atomic E-state index is 13.4. The van der Waals surface area contributed by atoms with Gasteiger partial charge in [-0.05, 0) is 19.1 Å². The Labute approximate surface area is 142 Å². The quantitative estimate of drug-likeness (QED) is 0.736. The van der Waals surface area contributed by atoms with E-state index >= 15 is 0 Å². The van der Waals surface area contributed by atoms with Gasteiger partial charge >= 0.3 is 12.6 Å². The number of para-hydroxylation sites is 2. The highest BCUT2D eigenvalue weighted by Crippen LogP contribution is 2.27. The molecule has 2 N–H and O–H groups in total. The van der Waals surface area contributed by atoms with Crippen LogP contribution in [0.1, 0.15) is 31.0 Å². The number of alkyl halides is 2. The molecule has 3 aromatic rings. The van der Waals surface area contributed by atoms with E-state index in [4.69, 9.17) is 4.52 Å². The number of aromatic nitrogens is 3. The number of rotatable bonds is 5. The third-order valence-electron chi connectivity index (χ3n) is 3.70. The van der Waals surface area contributed by atoms with Crippen LogP contribution >= 0.6 is 0 Å². The van der Waals surface area contributed by atoms with Crippen LogP contribution < -0.4 is 10.6 Å². The van der Waals surface area contributed by atoms with E-state index in [1.54, 1.807) is 44.2 Å². The molecule has 1 atom stereocenters. The number of carbonyl (C=O) groups is 1. The second kappa shape index (κ2) is 6.88. The molecule has 0 radical (unpaired) electrons. The molecule has 7 nitrogen and oxygen atoms in total. The molecule has 132 valence electrons. The number of nitrogens with one attached hydrogen (secondary N) is 2. The average molecular weight is 349 g/mol. The number of carbonyl (C=O) groups excluding carboxylic acids is 1. The number of imidazole rings is 1. The van der Waals surface area contributed by atoms with Gasteiger partial charge in [-0.1, -0.05) is 24.2 Å². The Kier molecular flexibility index (Phi) is 4.64. The van der Waals surface area contributed by atoms with Crippen molar-refractivity contribution in [3.8, 4) is 0 Å². The topological polar surface area (TPSA) is 85.0 Å². The van der Waals surface area contributed by atoms with Crippen LogP contribution in [0.5, 0.6) is 0 Å². The van der Waals surface area contributed by atoms with Crippen LogP contribution in [0.15, 0.2) is 34.9 Å². The molecule has 0 saturated heterocycles.